The number of nitrogens with one attached hydrogen (secondary N) is 2. The third-order valence-corrected chi connectivity index (χ3v) is 6.46. The number of benzene rings is 1. The molecule has 144 valence electrons. The lowest BCUT2D eigenvalue weighted by molar-refractivity contribution is -0.135. The van der Waals surface area contributed by atoms with Crippen LogP contribution in [0, 0.1) is 0 Å². The molecule has 0 radical (unpaired) electrons. The lowest BCUT2D eigenvalue weighted by Crippen LogP contribution is -2.46. The molecule has 3 aliphatic rings. The van der Waals surface area contributed by atoms with Crippen molar-refractivity contribution >= 4 is 17.8 Å². The summed E-state index contributed by atoms with van der Waals surface area (Å²) in [5.41, 5.74) is 1.70. The first-order valence-electron chi connectivity index (χ1n) is 9.85. The van der Waals surface area contributed by atoms with Gasteiger partial charge in [0.2, 0.25) is 5.91 Å². The van der Waals surface area contributed by atoms with Crippen LogP contribution < -0.4 is 10.6 Å². The van der Waals surface area contributed by atoms with E-state index >= 15 is 0 Å². The number of carbonyl (C=O) groups excluding carboxylic acids is 3. The number of carbonyl (C=O) groups is 3. The van der Waals surface area contributed by atoms with Gasteiger partial charge < -0.3 is 10.6 Å². The lowest BCUT2D eigenvalue weighted by Gasteiger charge is -2.37. The number of imide groups is 1. The zero-order chi connectivity index (χ0) is 19.2. The topological polar surface area (TPSA) is 78.5 Å². The average molecular weight is 369 g/mol. The van der Waals surface area contributed by atoms with Crippen LogP contribution >= 0.6 is 0 Å². The normalized spacial score (nSPS) is 25.4. The zero-order valence-electron chi connectivity index (χ0n) is 16.0. The second-order valence-corrected chi connectivity index (χ2v) is 8.74. The Morgan fingerprint density at radius 1 is 1.19 bits per heavy atom. The highest BCUT2D eigenvalue weighted by molar-refractivity contribution is 6.09. The molecule has 1 spiro atoms. The van der Waals surface area contributed by atoms with E-state index in [0.29, 0.717) is 12.8 Å². The van der Waals surface area contributed by atoms with Crippen molar-refractivity contribution in [1.82, 2.24) is 15.5 Å². The molecule has 1 heterocycles. The van der Waals surface area contributed by atoms with Gasteiger partial charge in [-0.05, 0) is 42.2 Å². The standard InChI is InChI=1S/C21H27N3O3/c1-20(2)12-9-16(14-7-3-4-8-15(14)20)22-17(25)13-24-18(26)21(23-19(24)27)10-5-6-11-21/h3-4,7-8,16H,5-6,9-13H2,1-2H3,(H,22,25)(H,23,27). The van der Waals surface area contributed by atoms with E-state index < -0.39 is 11.6 Å². The van der Waals surface area contributed by atoms with Crippen LogP contribution in [0.3, 0.4) is 0 Å². The van der Waals surface area contributed by atoms with Crippen molar-refractivity contribution in [2.45, 2.75) is 69.4 Å². The van der Waals surface area contributed by atoms with Crippen LogP contribution in [0.25, 0.3) is 0 Å². The minimum absolute atomic E-state index is 0.0806. The van der Waals surface area contributed by atoms with Crippen LogP contribution in [0.15, 0.2) is 24.3 Å². The summed E-state index contributed by atoms with van der Waals surface area (Å²) in [5.74, 6) is -0.529. The maximum absolute atomic E-state index is 12.7. The highest BCUT2D eigenvalue weighted by atomic mass is 16.2. The zero-order valence-corrected chi connectivity index (χ0v) is 16.0. The van der Waals surface area contributed by atoms with Crippen molar-refractivity contribution in [2.75, 3.05) is 6.54 Å². The molecule has 1 aromatic rings. The smallest absolute Gasteiger partial charge is 0.325 e. The van der Waals surface area contributed by atoms with Crippen molar-refractivity contribution < 1.29 is 14.4 Å². The van der Waals surface area contributed by atoms with Gasteiger partial charge >= 0.3 is 6.03 Å². The first-order valence-corrected chi connectivity index (χ1v) is 9.85. The summed E-state index contributed by atoms with van der Waals surface area (Å²) in [6, 6.07) is 7.67. The number of urea groups is 1. The molecule has 1 aliphatic heterocycles. The molecule has 2 fully saturated rings. The summed E-state index contributed by atoms with van der Waals surface area (Å²) in [7, 11) is 0. The van der Waals surface area contributed by atoms with E-state index in [1.54, 1.807) is 0 Å². The second-order valence-electron chi connectivity index (χ2n) is 8.74. The number of nitrogens with zero attached hydrogens (tertiary/aromatic N) is 1. The van der Waals surface area contributed by atoms with Crippen molar-refractivity contribution in [1.29, 1.82) is 0 Å². The summed E-state index contributed by atoms with van der Waals surface area (Å²) in [6.45, 7) is 4.23. The van der Waals surface area contributed by atoms with Crippen LogP contribution in [0.2, 0.25) is 0 Å². The molecular weight excluding hydrogens is 342 g/mol. The SMILES string of the molecule is CC1(C)CCC(NC(=O)CN2C(=O)NC3(CCCC3)C2=O)c2ccccc21. The van der Waals surface area contributed by atoms with Crippen molar-refractivity contribution in [3.05, 3.63) is 35.4 Å². The van der Waals surface area contributed by atoms with Gasteiger partial charge in [0.1, 0.15) is 12.1 Å². The van der Waals surface area contributed by atoms with Gasteiger partial charge in [0.25, 0.3) is 5.91 Å². The monoisotopic (exact) mass is 369 g/mol. The molecule has 1 aromatic carbocycles. The first kappa shape index (κ1) is 18.0. The molecule has 1 saturated heterocycles. The van der Waals surface area contributed by atoms with Crippen LogP contribution in [-0.4, -0.2) is 34.8 Å². The van der Waals surface area contributed by atoms with Crippen molar-refractivity contribution in [3.8, 4) is 0 Å². The molecule has 1 atom stereocenters. The fraction of sp³-hybridized carbons (Fsp3) is 0.571. The molecular formula is C21H27N3O3. The van der Waals surface area contributed by atoms with Gasteiger partial charge in [-0.1, -0.05) is 51.0 Å². The van der Waals surface area contributed by atoms with Crippen LogP contribution in [-0.2, 0) is 15.0 Å². The van der Waals surface area contributed by atoms with Gasteiger partial charge in [-0.3, -0.25) is 14.5 Å². The Morgan fingerprint density at radius 3 is 2.63 bits per heavy atom. The molecule has 27 heavy (non-hydrogen) atoms. The molecule has 6 heteroatoms. The summed E-state index contributed by atoms with van der Waals surface area (Å²) >= 11 is 0. The van der Waals surface area contributed by atoms with Gasteiger partial charge in [-0.2, -0.15) is 0 Å². The first-order chi connectivity index (χ1) is 12.8. The Morgan fingerprint density at radius 2 is 1.89 bits per heavy atom. The van der Waals surface area contributed by atoms with Gasteiger partial charge in [-0.15, -0.1) is 0 Å². The molecule has 2 N–H and O–H groups in total. The second kappa shape index (κ2) is 6.36. The van der Waals surface area contributed by atoms with Gasteiger partial charge in [0.05, 0.1) is 6.04 Å². The Bertz CT molecular complexity index is 796. The molecule has 4 rings (SSSR count). The largest absolute Gasteiger partial charge is 0.348 e. The summed E-state index contributed by atoms with van der Waals surface area (Å²) in [5, 5.41) is 5.87. The van der Waals surface area contributed by atoms with E-state index in [2.05, 4.69) is 36.6 Å². The van der Waals surface area contributed by atoms with Crippen LogP contribution in [0.5, 0.6) is 0 Å². The maximum Gasteiger partial charge on any atom is 0.325 e. The minimum atomic E-state index is -0.765. The van der Waals surface area contributed by atoms with Gasteiger partial charge in [0.15, 0.2) is 0 Å². The summed E-state index contributed by atoms with van der Waals surface area (Å²) in [4.78, 5) is 38.7. The third-order valence-electron chi connectivity index (χ3n) is 6.46. The van der Waals surface area contributed by atoms with E-state index in [4.69, 9.17) is 0 Å². The van der Waals surface area contributed by atoms with Gasteiger partial charge in [-0.25, -0.2) is 4.79 Å². The molecule has 0 bridgehead atoms. The van der Waals surface area contributed by atoms with E-state index in [1.807, 2.05) is 12.1 Å². The molecule has 0 aromatic heterocycles. The predicted molar refractivity (Wildman–Crippen MR) is 101 cm³/mol. The molecule has 1 saturated carbocycles. The third kappa shape index (κ3) is 3.01. The van der Waals surface area contributed by atoms with Gasteiger partial charge in [0, 0.05) is 0 Å². The quantitative estimate of drug-likeness (QED) is 0.804. The highest BCUT2D eigenvalue weighted by Crippen LogP contribution is 2.41. The fourth-order valence-electron chi connectivity index (χ4n) is 4.88. The molecule has 1 unspecified atom stereocenters. The van der Waals surface area contributed by atoms with E-state index in [1.165, 1.54) is 5.56 Å². The summed E-state index contributed by atoms with van der Waals surface area (Å²) < 4.78 is 0. The van der Waals surface area contributed by atoms with Crippen molar-refractivity contribution in [3.63, 3.8) is 0 Å². The predicted octanol–water partition coefficient (Wildman–Crippen LogP) is 2.78. The maximum atomic E-state index is 12.7. The Labute approximate surface area is 159 Å². The molecule has 4 amide bonds. The minimum Gasteiger partial charge on any atom is -0.348 e. The summed E-state index contributed by atoms with van der Waals surface area (Å²) in [6.07, 6.45) is 5.02. The number of fused-ring (bicyclic) bond motifs is 1. The number of hydrogen-bond donors (Lipinski definition) is 2. The molecule has 6 nitrogen and oxygen atoms in total. The van der Waals surface area contributed by atoms with E-state index in [9.17, 15) is 14.4 Å². The van der Waals surface area contributed by atoms with Crippen molar-refractivity contribution in [2.24, 2.45) is 0 Å². The van der Waals surface area contributed by atoms with Crippen LogP contribution in [0.4, 0.5) is 4.79 Å². The number of hydrogen-bond acceptors (Lipinski definition) is 3. The lowest BCUT2D eigenvalue weighted by atomic mass is 9.71. The number of rotatable bonds is 3. The average Bonchev–Trinajstić information content (AvgIpc) is 3.19. The highest BCUT2D eigenvalue weighted by Gasteiger charge is 2.52. The van der Waals surface area contributed by atoms with Crippen LogP contribution in [0.1, 0.15) is 69.5 Å². The Balaban J connectivity index is 1.46. The Hall–Kier alpha value is -2.37. The molecule has 2 aliphatic carbocycles. The fourth-order valence-corrected chi connectivity index (χ4v) is 4.88. The number of amides is 4. The Kier molecular flexibility index (Phi) is 4.24. The van der Waals surface area contributed by atoms with E-state index in [0.717, 1.165) is 36.1 Å². The van der Waals surface area contributed by atoms with E-state index in [-0.39, 0.29) is 29.8 Å².